The Bertz CT molecular complexity index is 2260. The molecule has 0 spiro atoms. The number of ether oxygens (including phenoxy) is 4. The van der Waals surface area contributed by atoms with Crippen LogP contribution in [0.3, 0.4) is 0 Å². The average Bonchev–Trinajstić information content (AvgIpc) is 3.11. The van der Waals surface area contributed by atoms with Gasteiger partial charge in [0.05, 0.1) is 40.3 Å². The second-order valence-electron chi connectivity index (χ2n) is 26.5. The quantitative estimate of drug-likeness (QED) is 0.0195. The van der Waals surface area contributed by atoms with Gasteiger partial charge in [-0.1, -0.05) is 331 Å². The summed E-state index contributed by atoms with van der Waals surface area (Å²) >= 11 is 0. The summed E-state index contributed by atoms with van der Waals surface area (Å²) in [5.41, 5.74) is 0. The first kappa shape index (κ1) is 91.4. The van der Waals surface area contributed by atoms with Gasteiger partial charge in [-0.05, 0) is 135 Å². The number of allylic oxidation sites excluding steroid dienone is 30. The van der Waals surface area contributed by atoms with Gasteiger partial charge in [-0.15, -0.1) is 0 Å². The Labute approximate surface area is 596 Å². The van der Waals surface area contributed by atoms with Gasteiger partial charge in [0.1, 0.15) is 13.2 Å². The maximum atomic E-state index is 13.0. The number of nitrogens with zero attached hydrogens (tertiary/aromatic N) is 1. The molecule has 9 heteroatoms. The molecule has 0 aromatic heterocycles. The summed E-state index contributed by atoms with van der Waals surface area (Å²) in [4.78, 5) is 37.6. The fourth-order valence-corrected chi connectivity index (χ4v) is 10.3. The van der Waals surface area contributed by atoms with Crippen LogP contribution in [0.2, 0.25) is 0 Å². The Hall–Kier alpha value is -5.61. The van der Waals surface area contributed by atoms with Gasteiger partial charge < -0.3 is 33.3 Å². The van der Waals surface area contributed by atoms with Crippen LogP contribution in [0.1, 0.15) is 296 Å². The molecule has 0 aromatic rings. The number of carbonyl (C=O) groups excluding carboxylic acids is 3. The molecule has 548 valence electrons. The molecule has 0 aliphatic rings. The van der Waals surface area contributed by atoms with Gasteiger partial charge in [0.15, 0.2) is 12.4 Å². The third kappa shape index (κ3) is 77.6. The third-order valence-corrected chi connectivity index (χ3v) is 16.1. The highest BCUT2D eigenvalue weighted by Gasteiger charge is 2.22. The zero-order chi connectivity index (χ0) is 70.4. The maximum absolute atomic E-state index is 13.0. The highest BCUT2D eigenvalue weighted by atomic mass is 16.7. The first-order valence-corrected chi connectivity index (χ1v) is 38.9. The average molecular weight is 1340 g/mol. The Morgan fingerprint density at radius 2 is 0.557 bits per heavy atom. The van der Waals surface area contributed by atoms with Gasteiger partial charge >= 0.3 is 11.9 Å². The lowest BCUT2D eigenvalue weighted by Crippen LogP contribution is -2.44. The van der Waals surface area contributed by atoms with Crippen LogP contribution in [0.25, 0.3) is 0 Å². The van der Waals surface area contributed by atoms with E-state index in [0.29, 0.717) is 17.4 Å². The van der Waals surface area contributed by atoms with Crippen LogP contribution in [0.15, 0.2) is 182 Å². The van der Waals surface area contributed by atoms with Gasteiger partial charge in [-0.2, -0.15) is 0 Å². The van der Waals surface area contributed by atoms with E-state index in [0.717, 1.165) is 141 Å². The molecule has 0 saturated heterocycles. The molecule has 0 saturated carbocycles. The molecule has 0 heterocycles. The van der Waals surface area contributed by atoms with Gasteiger partial charge in [-0.25, -0.2) is 0 Å². The number of likely N-dealkylation sites (N-methyl/N-ethyl adjacent to an activating group) is 1. The predicted octanol–water partition coefficient (Wildman–Crippen LogP) is 23.8. The SMILES string of the molecule is CC/C=C\C/C=C\C/C=C\C/C=C\C/C=C\C/C=C\C/C=C\C/C=C\CCCCCCCCCCCCCCC(=O)OC(COC(=O)CCCCCCCCCCCCCCC/C=C\C/C=C\C/C=C\C/C=C\C/C=C\C/C=C\C/C=C\CC)COC(OCC[N+](C)(C)C)C(=O)[O-]. The Balaban J connectivity index is 4.12. The summed E-state index contributed by atoms with van der Waals surface area (Å²) in [6, 6.07) is 0. The standard InChI is InChI=1S/C88H143NO8/c1-6-8-10-12-14-16-18-20-22-24-26-28-30-32-34-36-38-40-42-43-45-47-49-51-53-55-57-59-61-63-65-67-69-71-73-75-77-79-86(91)97-84(83-96-88(87(92)93)94-81-80-89(3,4)5)82-95-85(90)78-76-74-72-70-68-66-64-62-60-58-56-54-52-50-48-46-44-41-39-37-35-33-31-29-27-25-23-21-19-17-15-13-11-9-7-2/h8-11,14-17,20-23,26-29,32-35,38-41,43,45-46,48-49,51,84,88H,6-7,12-13,18-19,24-25,30-31,36-37,42,44,47,50,52-83H2,1-5H3/b10-8-,11-9-,16-14-,17-15-,22-20-,23-21-,28-26-,29-27-,34-32-,35-33-,40-38-,41-39-,45-43-,48-46-,51-49-. The Kier molecular flexibility index (Phi) is 71.7. The second-order valence-corrected chi connectivity index (χ2v) is 26.5. The Morgan fingerprint density at radius 1 is 0.309 bits per heavy atom. The minimum Gasteiger partial charge on any atom is -0.545 e. The molecule has 9 nitrogen and oxygen atoms in total. The molecule has 0 bridgehead atoms. The number of unbranched alkanes of at least 4 members (excludes halogenated alkanes) is 25. The van der Waals surface area contributed by atoms with Crippen LogP contribution in [0.5, 0.6) is 0 Å². The highest BCUT2D eigenvalue weighted by molar-refractivity contribution is 5.70. The predicted molar refractivity (Wildman–Crippen MR) is 416 cm³/mol. The van der Waals surface area contributed by atoms with Gasteiger partial charge in [0.25, 0.3) is 0 Å². The fourth-order valence-electron chi connectivity index (χ4n) is 10.3. The topological polar surface area (TPSA) is 111 Å². The van der Waals surface area contributed by atoms with E-state index in [1.54, 1.807) is 0 Å². The van der Waals surface area contributed by atoms with E-state index in [1.165, 1.54) is 122 Å². The number of aliphatic carboxylic acids is 1. The van der Waals surface area contributed by atoms with Crippen molar-refractivity contribution in [3.63, 3.8) is 0 Å². The van der Waals surface area contributed by atoms with Crippen molar-refractivity contribution in [3.8, 4) is 0 Å². The van der Waals surface area contributed by atoms with Gasteiger partial charge in [-0.3, -0.25) is 9.59 Å². The molecular weight excluding hydrogens is 1200 g/mol. The van der Waals surface area contributed by atoms with Crippen molar-refractivity contribution in [2.75, 3.05) is 47.5 Å². The number of hydrogen-bond acceptors (Lipinski definition) is 8. The molecule has 2 unspecified atom stereocenters. The Morgan fingerprint density at radius 3 is 0.825 bits per heavy atom. The number of rotatable bonds is 70. The molecule has 0 rings (SSSR count). The molecular formula is C88H143NO8. The first-order chi connectivity index (χ1) is 47.6. The lowest BCUT2D eigenvalue weighted by molar-refractivity contribution is -0.870. The molecule has 2 atom stereocenters. The zero-order valence-electron chi connectivity index (χ0n) is 62.6. The number of quaternary nitrogens is 1. The van der Waals surface area contributed by atoms with E-state index in [-0.39, 0.29) is 38.6 Å². The van der Waals surface area contributed by atoms with Crippen LogP contribution in [-0.4, -0.2) is 82.3 Å². The van der Waals surface area contributed by atoms with Crippen molar-refractivity contribution >= 4 is 17.9 Å². The van der Waals surface area contributed by atoms with E-state index in [4.69, 9.17) is 18.9 Å². The van der Waals surface area contributed by atoms with Crippen LogP contribution >= 0.6 is 0 Å². The van der Waals surface area contributed by atoms with Crippen molar-refractivity contribution in [1.82, 2.24) is 0 Å². The molecule has 0 aliphatic heterocycles. The van der Waals surface area contributed by atoms with Crippen molar-refractivity contribution < 1.29 is 42.9 Å². The van der Waals surface area contributed by atoms with E-state index >= 15 is 0 Å². The van der Waals surface area contributed by atoms with Crippen LogP contribution in [0.4, 0.5) is 0 Å². The van der Waals surface area contributed by atoms with Gasteiger partial charge in [0, 0.05) is 12.8 Å². The minimum absolute atomic E-state index is 0.140. The molecule has 0 amide bonds. The van der Waals surface area contributed by atoms with Gasteiger partial charge in [0.2, 0.25) is 0 Å². The van der Waals surface area contributed by atoms with Crippen molar-refractivity contribution in [1.29, 1.82) is 0 Å². The molecule has 0 radical (unpaired) electrons. The summed E-state index contributed by atoms with van der Waals surface area (Å²) in [6.07, 6.45) is 113. The first-order valence-electron chi connectivity index (χ1n) is 38.9. The van der Waals surface area contributed by atoms with Crippen LogP contribution < -0.4 is 5.11 Å². The van der Waals surface area contributed by atoms with E-state index < -0.39 is 24.3 Å². The minimum atomic E-state index is -1.63. The van der Waals surface area contributed by atoms with E-state index in [9.17, 15) is 19.5 Å². The molecule has 0 aromatic carbocycles. The summed E-state index contributed by atoms with van der Waals surface area (Å²) in [7, 11) is 5.93. The highest BCUT2D eigenvalue weighted by Crippen LogP contribution is 2.17. The third-order valence-electron chi connectivity index (χ3n) is 16.1. The number of hydrogen-bond donors (Lipinski definition) is 0. The van der Waals surface area contributed by atoms with Crippen molar-refractivity contribution in [2.45, 2.75) is 309 Å². The lowest BCUT2D eigenvalue weighted by atomic mass is 10.0. The summed E-state index contributed by atoms with van der Waals surface area (Å²) in [5.74, 6) is -2.29. The summed E-state index contributed by atoms with van der Waals surface area (Å²) < 4.78 is 22.8. The summed E-state index contributed by atoms with van der Waals surface area (Å²) in [5, 5.41) is 11.9. The van der Waals surface area contributed by atoms with Crippen LogP contribution in [-0.2, 0) is 33.3 Å². The fraction of sp³-hybridized carbons (Fsp3) is 0.625. The number of esters is 2. The second kappa shape index (κ2) is 76.1. The van der Waals surface area contributed by atoms with Crippen LogP contribution in [0, 0.1) is 0 Å². The zero-order valence-corrected chi connectivity index (χ0v) is 62.6. The van der Waals surface area contributed by atoms with E-state index in [2.05, 4.69) is 196 Å². The molecule has 0 aliphatic carbocycles. The van der Waals surface area contributed by atoms with Crippen molar-refractivity contribution in [3.05, 3.63) is 182 Å². The van der Waals surface area contributed by atoms with E-state index in [1.807, 2.05) is 21.1 Å². The molecule has 97 heavy (non-hydrogen) atoms. The normalized spacial score (nSPS) is 13.7. The van der Waals surface area contributed by atoms with Crippen molar-refractivity contribution in [2.24, 2.45) is 0 Å². The smallest absolute Gasteiger partial charge is 0.306 e. The lowest BCUT2D eigenvalue weighted by Gasteiger charge is -2.26. The summed E-state index contributed by atoms with van der Waals surface area (Å²) in [6.45, 7) is 4.52. The molecule has 0 N–H and O–H groups in total. The molecule has 0 fully saturated rings. The monoisotopic (exact) mass is 1340 g/mol. The maximum Gasteiger partial charge on any atom is 0.306 e. The number of carboxylic acid groups (broad SMARTS) is 1. The number of carboxylic acids is 1. The largest absolute Gasteiger partial charge is 0.545 e. The number of carbonyl (C=O) groups is 3.